The van der Waals surface area contributed by atoms with Crippen molar-refractivity contribution >= 4 is 11.6 Å². The first kappa shape index (κ1) is 24.2. The van der Waals surface area contributed by atoms with Crippen LogP contribution >= 0.6 is 0 Å². The Labute approximate surface area is 212 Å². The summed E-state index contributed by atoms with van der Waals surface area (Å²) in [5, 5.41) is 13.0. The SMILES string of the molecule is Cc1ccc(Cc2c(C)nc3c(C(=O)N4CCC(Cc5nncn5C(C)C)CC4)cnn3c2C)cc1. The molecule has 0 unspecified atom stereocenters. The Balaban J connectivity index is 1.30. The van der Waals surface area contributed by atoms with Crippen molar-refractivity contribution < 1.29 is 4.79 Å². The third-order valence-corrected chi connectivity index (χ3v) is 7.52. The molecule has 0 spiro atoms. The largest absolute Gasteiger partial charge is 0.338 e. The van der Waals surface area contributed by atoms with Gasteiger partial charge in [0.2, 0.25) is 0 Å². The van der Waals surface area contributed by atoms with Gasteiger partial charge < -0.3 is 9.47 Å². The summed E-state index contributed by atoms with van der Waals surface area (Å²) in [4.78, 5) is 20.3. The average Bonchev–Trinajstić information content (AvgIpc) is 3.50. The normalized spacial score (nSPS) is 14.8. The van der Waals surface area contributed by atoms with Crippen molar-refractivity contribution in [1.29, 1.82) is 0 Å². The first-order valence-corrected chi connectivity index (χ1v) is 12.9. The topological polar surface area (TPSA) is 81.2 Å². The average molecular weight is 486 g/mol. The number of carbonyl (C=O) groups is 1. The van der Waals surface area contributed by atoms with Crippen LogP contribution in [0.3, 0.4) is 0 Å². The molecule has 1 aliphatic rings. The van der Waals surface area contributed by atoms with Gasteiger partial charge in [-0.25, -0.2) is 9.50 Å². The van der Waals surface area contributed by atoms with Gasteiger partial charge in [-0.15, -0.1) is 10.2 Å². The highest BCUT2D eigenvalue weighted by Crippen LogP contribution is 2.25. The van der Waals surface area contributed by atoms with Crippen LogP contribution in [-0.4, -0.2) is 53.3 Å². The van der Waals surface area contributed by atoms with Crippen LogP contribution in [0.4, 0.5) is 0 Å². The highest BCUT2D eigenvalue weighted by molar-refractivity contribution is 5.99. The van der Waals surface area contributed by atoms with E-state index >= 15 is 0 Å². The van der Waals surface area contributed by atoms with Crippen molar-refractivity contribution in [2.24, 2.45) is 5.92 Å². The molecule has 0 radical (unpaired) electrons. The van der Waals surface area contributed by atoms with Crippen molar-refractivity contribution in [1.82, 2.24) is 34.3 Å². The lowest BCUT2D eigenvalue weighted by Gasteiger charge is -2.31. The number of nitrogens with zero attached hydrogens (tertiary/aromatic N) is 7. The maximum Gasteiger partial charge on any atom is 0.259 e. The second-order valence-corrected chi connectivity index (χ2v) is 10.4. The van der Waals surface area contributed by atoms with Gasteiger partial charge in [0, 0.05) is 43.4 Å². The zero-order chi connectivity index (χ0) is 25.4. The number of fused-ring (bicyclic) bond motifs is 1. The number of hydrogen-bond donors (Lipinski definition) is 0. The highest BCUT2D eigenvalue weighted by Gasteiger charge is 2.28. The van der Waals surface area contributed by atoms with Crippen LogP contribution in [0.15, 0.2) is 36.8 Å². The van der Waals surface area contributed by atoms with E-state index in [4.69, 9.17) is 4.98 Å². The smallest absolute Gasteiger partial charge is 0.259 e. The minimum Gasteiger partial charge on any atom is -0.338 e. The second kappa shape index (κ2) is 9.84. The van der Waals surface area contributed by atoms with Crippen molar-refractivity contribution in [3.05, 3.63) is 76.3 Å². The summed E-state index contributed by atoms with van der Waals surface area (Å²) in [6.07, 6.45) is 7.11. The molecular weight excluding hydrogens is 450 g/mol. The van der Waals surface area contributed by atoms with Crippen LogP contribution in [-0.2, 0) is 12.8 Å². The van der Waals surface area contributed by atoms with E-state index in [0.29, 0.717) is 23.2 Å². The molecule has 3 aromatic heterocycles. The zero-order valence-corrected chi connectivity index (χ0v) is 21.9. The Kier molecular flexibility index (Phi) is 6.60. The Morgan fingerprint density at radius 2 is 1.81 bits per heavy atom. The van der Waals surface area contributed by atoms with Crippen LogP contribution in [0.25, 0.3) is 5.65 Å². The molecule has 0 aliphatic carbocycles. The predicted molar refractivity (Wildman–Crippen MR) is 139 cm³/mol. The molecular formula is C28H35N7O. The monoisotopic (exact) mass is 485 g/mol. The van der Waals surface area contributed by atoms with Gasteiger partial charge in [-0.1, -0.05) is 29.8 Å². The van der Waals surface area contributed by atoms with Gasteiger partial charge in [-0.2, -0.15) is 5.10 Å². The predicted octanol–water partition coefficient (Wildman–Crippen LogP) is 4.51. The quantitative estimate of drug-likeness (QED) is 0.401. The van der Waals surface area contributed by atoms with Crippen LogP contribution in [0.5, 0.6) is 0 Å². The van der Waals surface area contributed by atoms with Gasteiger partial charge >= 0.3 is 0 Å². The molecule has 0 N–H and O–H groups in total. The molecule has 4 aromatic rings. The van der Waals surface area contributed by atoms with E-state index in [1.165, 1.54) is 11.1 Å². The minimum atomic E-state index is 0.0198. The molecule has 8 nitrogen and oxygen atoms in total. The fourth-order valence-corrected chi connectivity index (χ4v) is 5.24. The number of piperidine rings is 1. The minimum absolute atomic E-state index is 0.0198. The summed E-state index contributed by atoms with van der Waals surface area (Å²) in [6, 6.07) is 8.94. The summed E-state index contributed by atoms with van der Waals surface area (Å²) in [6.45, 7) is 12.0. The standard InChI is InChI=1S/C28H35N7O/c1-18(2)34-17-29-32-26(34)15-23-10-12-33(13-11-23)28(36)25-16-30-35-21(5)24(20(4)31-27(25)35)14-22-8-6-19(3)7-9-22/h6-9,16-18,23H,10-15H2,1-5H3. The summed E-state index contributed by atoms with van der Waals surface area (Å²) in [7, 11) is 0. The van der Waals surface area contributed by atoms with E-state index in [1.807, 2.05) is 22.7 Å². The molecule has 1 aliphatic heterocycles. The lowest BCUT2D eigenvalue weighted by atomic mass is 9.93. The molecule has 1 amide bonds. The fourth-order valence-electron chi connectivity index (χ4n) is 5.24. The van der Waals surface area contributed by atoms with Gasteiger partial charge in [-0.05, 0) is 64.5 Å². The van der Waals surface area contributed by atoms with E-state index in [0.717, 1.165) is 61.5 Å². The molecule has 1 aromatic carbocycles. The third-order valence-electron chi connectivity index (χ3n) is 7.52. The molecule has 5 rings (SSSR count). The van der Waals surface area contributed by atoms with Gasteiger partial charge in [0.15, 0.2) is 5.65 Å². The number of amides is 1. The van der Waals surface area contributed by atoms with Crippen molar-refractivity contribution in [2.45, 2.75) is 66.3 Å². The Hall–Kier alpha value is -3.55. The van der Waals surface area contributed by atoms with Crippen molar-refractivity contribution in [3.8, 4) is 0 Å². The number of hydrogen-bond acceptors (Lipinski definition) is 5. The fraction of sp³-hybridized carbons (Fsp3) is 0.464. The van der Waals surface area contributed by atoms with Crippen LogP contribution < -0.4 is 0 Å². The summed E-state index contributed by atoms with van der Waals surface area (Å²) >= 11 is 0. The summed E-state index contributed by atoms with van der Waals surface area (Å²) in [5.74, 6) is 1.56. The van der Waals surface area contributed by atoms with Crippen molar-refractivity contribution in [2.75, 3.05) is 13.1 Å². The Morgan fingerprint density at radius 3 is 2.50 bits per heavy atom. The Morgan fingerprint density at radius 1 is 1.08 bits per heavy atom. The van der Waals surface area contributed by atoms with E-state index in [9.17, 15) is 4.79 Å². The first-order valence-electron chi connectivity index (χ1n) is 12.9. The van der Waals surface area contributed by atoms with Crippen LogP contribution in [0.2, 0.25) is 0 Å². The van der Waals surface area contributed by atoms with E-state index in [-0.39, 0.29) is 5.91 Å². The zero-order valence-electron chi connectivity index (χ0n) is 21.9. The molecule has 188 valence electrons. The van der Waals surface area contributed by atoms with Crippen LogP contribution in [0.1, 0.15) is 77.0 Å². The number of rotatable bonds is 6. The lowest BCUT2D eigenvalue weighted by Crippen LogP contribution is -2.39. The van der Waals surface area contributed by atoms with Gasteiger partial charge in [0.25, 0.3) is 5.91 Å². The van der Waals surface area contributed by atoms with Gasteiger partial charge in [0.1, 0.15) is 17.7 Å². The molecule has 8 heteroatoms. The number of aromatic nitrogens is 6. The van der Waals surface area contributed by atoms with Crippen LogP contribution in [0, 0.1) is 26.7 Å². The molecule has 1 saturated heterocycles. The first-order chi connectivity index (χ1) is 17.3. The molecule has 0 bridgehead atoms. The number of carbonyl (C=O) groups excluding carboxylic acids is 1. The van der Waals surface area contributed by atoms with Gasteiger partial charge in [0.05, 0.1) is 6.20 Å². The van der Waals surface area contributed by atoms with E-state index in [2.05, 4.69) is 71.8 Å². The van der Waals surface area contributed by atoms with Gasteiger partial charge in [-0.3, -0.25) is 4.79 Å². The summed E-state index contributed by atoms with van der Waals surface area (Å²) in [5.41, 5.74) is 6.86. The lowest BCUT2D eigenvalue weighted by molar-refractivity contribution is 0.0691. The van der Waals surface area contributed by atoms with E-state index in [1.54, 1.807) is 6.20 Å². The molecule has 36 heavy (non-hydrogen) atoms. The maximum absolute atomic E-state index is 13.5. The molecule has 0 saturated carbocycles. The number of benzene rings is 1. The summed E-state index contributed by atoms with van der Waals surface area (Å²) < 4.78 is 3.97. The third kappa shape index (κ3) is 4.64. The molecule has 1 fully saturated rings. The highest BCUT2D eigenvalue weighted by atomic mass is 16.2. The Bertz CT molecular complexity index is 1380. The second-order valence-electron chi connectivity index (χ2n) is 10.4. The number of aryl methyl sites for hydroxylation is 3. The maximum atomic E-state index is 13.5. The molecule has 4 heterocycles. The van der Waals surface area contributed by atoms with Crippen molar-refractivity contribution in [3.63, 3.8) is 0 Å². The van der Waals surface area contributed by atoms with E-state index < -0.39 is 0 Å². The number of likely N-dealkylation sites (tertiary alicyclic amines) is 1. The molecule has 0 atom stereocenters.